The van der Waals surface area contributed by atoms with Gasteiger partial charge in [-0.15, -0.1) is 0 Å². The van der Waals surface area contributed by atoms with E-state index in [4.69, 9.17) is 0 Å². The first kappa shape index (κ1) is 13.9. The van der Waals surface area contributed by atoms with E-state index >= 15 is 0 Å². The van der Waals surface area contributed by atoms with Gasteiger partial charge in [0.15, 0.2) is 0 Å². The summed E-state index contributed by atoms with van der Waals surface area (Å²) in [4.78, 5) is 30.3. The molecule has 1 aromatic rings. The molecule has 6 nitrogen and oxygen atoms in total. The third-order valence-corrected chi connectivity index (χ3v) is 3.48. The minimum atomic E-state index is -0.334. The van der Waals surface area contributed by atoms with Gasteiger partial charge in [0, 0.05) is 19.3 Å². The molecule has 0 spiro atoms. The fourth-order valence-electron chi connectivity index (χ4n) is 2.55. The van der Waals surface area contributed by atoms with Crippen LogP contribution in [0.3, 0.4) is 0 Å². The van der Waals surface area contributed by atoms with Crippen LogP contribution in [0.5, 0.6) is 0 Å². The smallest absolute Gasteiger partial charge is 0.323 e. The van der Waals surface area contributed by atoms with Crippen LogP contribution in [0.2, 0.25) is 0 Å². The zero-order valence-corrected chi connectivity index (χ0v) is 11.4. The van der Waals surface area contributed by atoms with E-state index in [-0.39, 0.29) is 11.6 Å². The van der Waals surface area contributed by atoms with Crippen molar-refractivity contribution < 1.29 is 4.79 Å². The van der Waals surface area contributed by atoms with Crippen molar-refractivity contribution in [1.29, 1.82) is 0 Å². The second-order valence-corrected chi connectivity index (χ2v) is 5.12. The lowest BCUT2D eigenvalue weighted by Crippen LogP contribution is -2.41. The summed E-state index contributed by atoms with van der Waals surface area (Å²) in [7, 11) is 0. The average Bonchev–Trinajstić information content (AvgIpc) is 2.85. The molecule has 3 N–H and O–H groups in total. The largest absolute Gasteiger partial charge is 0.337 e. The molecule has 0 bridgehead atoms. The zero-order valence-electron chi connectivity index (χ0n) is 11.4. The number of amides is 1. The molecule has 6 heteroatoms. The monoisotopic (exact) mass is 266 g/mol. The summed E-state index contributed by atoms with van der Waals surface area (Å²) < 4.78 is 0. The van der Waals surface area contributed by atoms with Crippen LogP contribution in [0.25, 0.3) is 0 Å². The highest BCUT2D eigenvalue weighted by atomic mass is 16.2. The Morgan fingerprint density at radius 3 is 2.95 bits per heavy atom. The Kier molecular flexibility index (Phi) is 4.79. The number of aromatic nitrogens is 2. The molecule has 1 aliphatic heterocycles. The Balaban J connectivity index is 2.01. The molecular weight excluding hydrogens is 244 g/mol. The lowest BCUT2D eigenvalue weighted by molar-refractivity contribution is 0.0713. The summed E-state index contributed by atoms with van der Waals surface area (Å²) >= 11 is 0. The summed E-state index contributed by atoms with van der Waals surface area (Å²) in [6.07, 6.45) is 4.69. The van der Waals surface area contributed by atoms with Crippen LogP contribution in [0.4, 0.5) is 0 Å². The van der Waals surface area contributed by atoms with E-state index in [1.165, 1.54) is 12.6 Å². The predicted octanol–water partition coefficient (Wildman–Crippen LogP) is 0.555. The van der Waals surface area contributed by atoms with Gasteiger partial charge < -0.3 is 20.2 Å². The quantitative estimate of drug-likeness (QED) is 0.728. The molecule has 1 fully saturated rings. The fourth-order valence-corrected chi connectivity index (χ4v) is 2.55. The van der Waals surface area contributed by atoms with Gasteiger partial charge in [0.25, 0.3) is 5.91 Å². The van der Waals surface area contributed by atoms with Crippen LogP contribution < -0.4 is 11.0 Å². The van der Waals surface area contributed by atoms with Crippen LogP contribution in [0, 0.1) is 5.92 Å². The van der Waals surface area contributed by atoms with Gasteiger partial charge in [-0.1, -0.05) is 6.92 Å². The van der Waals surface area contributed by atoms with Crippen LogP contribution in [0.1, 0.15) is 36.7 Å². The highest BCUT2D eigenvalue weighted by molar-refractivity contribution is 5.92. The van der Waals surface area contributed by atoms with Crippen molar-refractivity contribution in [3.8, 4) is 0 Å². The molecule has 2 rings (SSSR count). The second kappa shape index (κ2) is 6.56. The summed E-state index contributed by atoms with van der Waals surface area (Å²) in [5.41, 5.74) is 0.0151. The Labute approximate surface area is 112 Å². The molecule has 1 aliphatic rings. The molecule has 1 unspecified atom stereocenters. The van der Waals surface area contributed by atoms with E-state index in [0.717, 1.165) is 39.0 Å². The first-order chi connectivity index (χ1) is 9.20. The van der Waals surface area contributed by atoms with Crippen molar-refractivity contribution in [2.45, 2.75) is 26.2 Å². The normalized spacial score (nSPS) is 19.3. The summed E-state index contributed by atoms with van der Waals surface area (Å²) in [5, 5.41) is 3.36. The van der Waals surface area contributed by atoms with Gasteiger partial charge in [-0.3, -0.25) is 4.79 Å². The number of hydrogen-bond donors (Lipinski definition) is 3. The van der Waals surface area contributed by atoms with Gasteiger partial charge >= 0.3 is 5.69 Å². The number of rotatable bonds is 5. The molecule has 1 amide bonds. The summed E-state index contributed by atoms with van der Waals surface area (Å²) in [5.74, 6) is 0.417. The molecule has 1 aromatic heterocycles. The molecule has 0 radical (unpaired) electrons. The molecule has 19 heavy (non-hydrogen) atoms. The van der Waals surface area contributed by atoms with Crippen LogP contribution >= 0.6 is 0 Å². The lowest BCUT2D eigenvalue weighted by Gasteiger charge is -2.29. The number of carbonyl (C=O) groups is 1. The van der Waals surface area contributed by atoms with Gasteiger partial charge in [0.1, 0.15) is 5.69 Å². The highest BCUT2D eigenvalue weighted by Crippen LogP contribution is 2.13. The van der Waals surface area contributed by atoms with Gasteiger partial charge in [-0.05, 0) is 38.3 Å². The maximum Gasteiger partial charge on any atom is 0.323 e. The third-order valence-electron chi connectivity index (χ3n) is 3.48. The topological polar surface area (TPSA) is 81.0 Å². The van der Waals surface area contributed by atoms with Crippen LogP contribution in [0.15, 0.2) is 11.0 Å². The number of hydrogen-bond acceptors (Lipinski definition) is 3. The number of piperidine rings is 1. The molecule has 0 saturated carbocycles. The molecule has 1 atom stereocenters. The summed E-state index contributed by atoms with van der Waals surface area (Å²) in [6.45, 7) is 5.58. The highest BCUT2D eigenvalue weighted by Gasteiger charge is 2.22. The van der Waals surface area contributed by atoms with E-state index in [9.17, 15) is 9.59 Å². The minimum Gasteiger partial charge on any atom is -0.337 e. The molecule has 0 aliphatic carbocycles. The van der Waals surface area contributed by atoms with Crippen molar-refractivity contribution in [3.05, 3.63) is 22.4 Å². The molecule has 106 valence electrons. The van der Waals surface area contributed by atoms with Gasteiger partial charge in [0.05, 0.1) is 0 Å². The number of carbonyl (C=O) groups excluding carboxylic acids is 1. The third kappa shape index (κ3) is 3.70. The number of nitrogens with one attached hydrogen (secondary N) is 3. The van der Waals surface area contributed by atoms with E-state index in [1.807, 2.05) is 4.90 Å². The summed E-state index contributed by atoms with van der Waals surface area (Å²) in [6, 6.07) is 0. The maximum atomic E-state index is 12.3. The first-order valence-corrected chi connectivity index (χ1v) is 6.98. The first-order valence-electron chi connectivity index (χ1n) is 6.98. The lowest BCUT2D eigenvalue weighted by atomic mass is 9.99. The number of nitrogens with zero attached hydrogens (tertiary/aromatic N) is 1. The Morgan fingerprint density at radius 2 is 2.37 bits per heavy atom. The van der Waals surface area contributed by atoms with Crippen molar-refractivity contribution in [2.24, 2.45) is 5.92 Å². The van der Waals surface area contributed by atoms with Gasteiger partial charge in [0.2, 0.25) is 0 Å². The van der Waals surface area contributed by atoms with Crippen molar-refractivity contribution in [2.75, 3.05) is 26.2 Å². The van der Waals surface area contributed by atoms with Crippen molar-refractivity contribution >= 4 is 5.91 Å². The maximum absolute atomic E-state index is 12.3. The Bertz CT molecular complexity index is 459. The average molecular weight is 266 g/mol. The standard InChI is InChI=1S/C13H22N4O2/c1-2-6-17(9-10-4-3-5-14-7-10)12(18)11-8-15-13(19)16-11/h8,10,14H,2-7,9H2,1H3,(H2,15,16,19). The Morgan fingerprint density at radius 1 is 1.53 bits per heavy atom. The predicted molar refractivity (Wildman–Crippen MR) is 73.2 cm³/mol. The second-order valence-electron chi connectivity index (χ2n) is 5.12. The van der Waals surface area contributed by atoms with Gasteiger partial charge in [-0.25, -0.2) is 4.79 Å². The molecule has 1 saturated heterocycles. The Hall–Kier alpha value is -1.56. The zero-order chi connectivity index (χ0) is 13.7. The van der Waals surface area contributed by atoms with E-state index in [0.29, 0.717) is 11.6 Å². The molecule has 2 heterocycles. The van der Waals surface area contributed by atoms with Crippen molar-refractivity contribution in [1.82, 2.24) is 20.2 Å². The van der Waals surface area contributed by atoms with Crippen LogP contribution in [-0.2, 0) is 0 Å². The minimum absolute atomic E-state index is 0.0919. The van der Waals surface area contributed by atoms with E-state index < -0.39 is 0 Å². The van der Waals surface area contributed by atoms with Crippen molar-refractivity contribution in [3.63, 3.8) is 0 Å². The molecular formula is C13H22N4O2. The van der Waals surface area contributed by atoms with E-state index in [2.05, 4.69) is 22.2 Å². The number of H-pyrrole nitrogens is 2. The SMILES string of the molecule is CCCN(CC1CCCNC1)C(=O)c1c[nH]c(=O)[nH]1. The van der Waals surface area contributed by atoms with E-state index in [1.54, 1.807) is 0 Å². The van der Waals surface area contributed by atoms with Gasteiger partial charge in [-0.2, -0.15) is 0 Å². The molecule has 0 aromatic carbocycles. The van der Waals surface area contributed by atoms with Crippen LogP contribution in [-0.4, -0.2) is 47.0 Å². The number of aromatic amines is 2. The fraction of sp³-hybridized carbons (Fsp3) is 0.692. The number of imidazole rings is 1.